The third-order valence-electron chi connectivity index (χ3n) is 16.3. The number of esters is 6. The predicted molar refractivity (Wildman–Crippen MR) is 468 cm³/mol. The molecule has 3 aromatic heterocycles. The Balaban J connectivity index is -0.000000826. The van der Waals surface area contributed by atoms with Gasteiger partial charge in [-0.1, -0.05) is 43.1 Å². The second-order valence-corrected chi connectivity index (χ2v) is 38.6. The first kappa shape index (κ1) is 122. The first-order valence-corrected chi connectivity index (χ1v) is 44.3. The van der Waals surface area contributed by atoms with Gasteiger partial charge in [0.1, 0.15) is 35.3 Å². The van der Waals surface area contributed by atoms with Gasteiger partial charge in [0.25, 0.3) is 16.7 Å². The minimum atomic E-state index is -4.74. The average Bonchev–Trinajstić information content (AvgIpc) is 1.62. The molecule has 0 spiro atoms. The molecular weight excluding hydrogens is 1870 g/mol. The van der Waals surface area contributed by atoms with E-state index in [1.165, 1.54) is 33.9 Å². The Morgan fingerprint density at radius 2 is 0.731 bits per heavy atom. The van der Waals surface area contributed by atoms with Gasteiger partial charge >= 0.3 is 76.4 Å². The summed E-state index contributed by atoms with van der Waals surface area (Å²) in [6.45, 7) is 31.2. The van der Waals surface area contributed by atoms with E-state index in [-0.39, 0.29) is 28.2 Å². The second-order valence-electron chi connectivity index (χ2n) is 33.0. The Kier molecular flexibility index (Phi) is 53.7. The third kappa shape index (κ3) is 43.5. The van der Waals surface area contributed by atoms with Crippen LogP contribution in [0.4, 0.5) is 13.2 Å². The van der Waals surface area contributed by atoms with E-state index in [1.807, 2.05) is 15.0 Å². The van der Waals surface area contributed by atoms with Crippen molar-refractivity contribution in [2.45, 2.75) is 241 Å². The monoisotopic (exact) mass is 2010 g/mol. The number of aromatic amines is 3. The zero-order chi connectivity index (χ0) is 102. The quantitative estimate of drug-likeness (QED) is 0.00906. The molecule has 3 fully saturated rings. The van der Waals surface area contributed by atoms with E-state index < -0.39 is 271 Å². The van der Waals surface area contributed by atoms with E-state index >= 15 is 8.78 Å². The Labute approximate surface area is 774 Å². The van der Waals surface area contributed by atoms with Crippen LogP contribution in [0.3, 0.4) is 0 Å². The number of nitrogens with one attached hydrogen (secondary N) is 3. The molecule has 53 heteroatoms. The molecule has 0 amide bonds. The van der Waals surface area contributed by atoms with E-state index in [0.29, 0.717) is 4.57 Å². The van der Waals surface area contributed by atoms with Gasteiger partial charge in [-0.2, -0.15) is 0 Å². The van der Waals surface area contributed by atoms with Crippen molar-refractivity contribution < 1.29 is 163 Å². The van der Waals surface area contributed by atoms with E-state index in [0.717, 1.165) is 45.9 Å². The number of aliphatic hydroxyl groups is 4. The summed E-state index contributed by atoms with van der Waals surface area (Å²) < 4.78 is 197. The topological polar surface area (TPSA) is 580 Å². The highest BCUT2D eigenvalue weighted by Crippen LogP contribution is 2.54. The maximum Gasteiger partial charge on any atom is 0.480 e. The van der Waals surface area contributed by atoms with Gasteiger partial charge in [0.2, 0.25) is 43.6 Å². The summed E-state index contributed by atoms with van der Waals surface area (Å²) in [5.41, 5.74) is -15.8. The van der Waals surface area contributed by atoms with E-state index in [9.17, 15) is 90.7 Å². The Morgan fingerprint density at radius 3 is 0.962 bits per heavy atom. The lowest BCUT2D eigenvalue weighted by atomic mass is 9.98. The summed E-state index contributed by atoms with van der Waals surface area (Å²) in [6, 6.07) is 2.94. The smallest absolute Gasteiger partial charge is 0.437 e. The number of aliphatic hydroxyl groups excluding tert-OH is 4. The Bertz CT molecular complexity index is 4320. The molecule has 3 aliphatic heterocycles. The number of nitrogens with zero attached hydrogens (tertiary/aromatic N) is 4. The fraction of sp³-hybridized carbons (Fsp3) is 0.766. The molecule has 8 N–H and O–H groups in total. The molecule has 0 bridgehead atoms. The van der Waals surface area contributed by atoms with Gasteiger partial charge in [-0.3, -0.25) is 80.9 Å². The molecule has 6 heterocycles. The molecule has 6 rings (SSSR count). The first-order valence-electron chi connectivity index (χ1n) is 40.2. The molecule has 3 aromatic rings. The van der Waals surface area contributed by atoms with Crippen molar-refractivity contribution in [1.82, 2.24) is 33.6 Å². The number of hydrogen-bond acceptors (Lipinski definition) is 37. The lowest BCUT2D eigenvalue weighted by Crippen LogP contribution is -2.47. The van der Waals surface area contributed by atoms with Crippen LogP contribution in [0.2, 0.25) is 0 Å². The van der Waals surface area contributed by atoms with Crippen LogP contribution in [0.5, 0.6) is 0 Å². The molecule has 0 saturated carbocycles. The summed E-state index contributed by atoms with van der Waals surface area (Å²) in [5.74, 6) is -5.50. The summed E-state index contributed by atoms with van der Waals surface area (Å²) >= 11 is 17.6. The molecule has 3 aliphatic rings. The zero-order valence-corrected chi connectivity index (χ0v) is 79.8. The third-order valence-corrected chi connectivity index (χ3v) is 21.1. The van der Waals surface area contributed by atoms with Crippen LogP contribution in [0, 0.1) is 32.5 Å². The number of carbonyl (C=O) groups excluding carboxylic acids is 6. The van der Waals surface area contributed by atoms with Crippen molar-refractivity contribution in [3.05, 3.63) is 99.3 Å². The summed E-state index contributed by atoms with van der Waals surface area (Å²) in [5, 5.41) is 26.8. The molecule has 44 nitrogen and oxygen atoms in total. The number of hydrogen-bond donors (Lipinski definition) is 8. The van der Waals surface area contributed by atoms with Gasteiger partial charge < -0.3 is 72.9 Å². The number of aromatic nitrogens is 6. The molecule has 0 unspecified atom stereocenters. The highest BCUT2D eigenvalue weighted by atomic mass is 35.5. The van der Waals surface area contributed by atoms with Crippen LogP contribution < -0.4 is 33.7 Å². The first-order chi connectivity index (χ1) is 60.1. The van der Waals surface area contributed by atoms with Crippen LogP contribution in [0.15, 0.2) is 65.6 Å². The summed E-state index contributed by atoms with van der Waals surface area (Å²) in [6.07, 6.45) is -13.2. The number of phosphoric acid groups is 3. The number of carbonyl (C=O) groups is 6. The zero-order valence-electron chi connectivity index (χ0n) is 78.9. The number of phosphoric ester groups is 3. The fourth-order valence-corrected chi connectivity index (χ4v) is 12.1. The largest absolute Gasteiger partial charge is 0.480 e. The van der Waals surface area contributed by atoms with Crippen LogP contribution >= 0.6 is 58.3 Å². The molecule has 12 atom stereocenters. The van der Waals surface area contributed by atoms with Crippen molar-refractivity contribution in [2.75, 3.05) is 112 Å². The van der Waals surface area contributed by atoms with E-state index in [2.05, 4.69) is 54.4 Å². The molecule has 0 aliphatic carbocycles. The van der Waals surface area contributed by atoms with Crippen LogP contribution in [-0.2, 0) is 121 Å². The molecule has 0 radical (unpaired) electrons. The van der Waals surface area contributed by atoms with Gasteiger partial charge in [-0.15, -0.1) is 34.8 Å². The van der Waals surface area contributed by atoms with Gasteiger partial charge in [0, 0.05) is 66.5 Å². The van der Waals surface area contributed by atoms with E-state index in [1.54, 1.807) is 125 Å². The maximum atomic E-state index is 15.1. The van der Waals surface area contributed by atoms with Crippen LogP contribution in [-0.4, -0.2) is 251 Å². The SMILES string of the molecule is C.C.C.CC(C)(C)C(=O)OCOP(=O)(O)OCOC(=O)C(C)(C)C.CC(C)(C)C(=O)OCOP(=O)(OCOC(=O)C(C)(C)C)OC[C@@]1(CCl)O[C@@H](n2ccc(=O)[nH]c2=O)[C@H](F)[C@@H]1O.CCN(CC)CC.[2H][C@H]1[C@@H](F)[C@H](n2ccc(=O)[nH]c2=O)O[C@@]1(CO)CCl.[2H][C@H]1[C@@H](F)[C@H](n2ccc(=O)[nH]c2=O)O[C@]1(CCl)COP(=O)(OCOC(=O)C(C)(C)C)OCOC(=O)C(C)(C)C.[3H]OC.[3H]OC. The second kappa shape index (κ2) is 57.4. The van der Waals surface area contributed by atoms with Crippen LogP contribution in [0.25, 0.3) is 0 Å². The highest BCUT2D eigenvalue weighted by Gasteiger charge is 2.58. The lowest BCUT2D eigenvalue weighted by molar-refractivity contribution is -0.166. The highest BCUT2D eigenvalue weighted by molar-refractivity contribution is 7.48. The summed E-state index contributed by atoms with van der Waals surface area (Å²) in [4.78, 5) is 158. The number of H-pyrrole nitrogens is 3. The molecule has 0 aromatic carbocycles. The van der Waals surface area contributed by atoms with Gasteiger partial charge in [0.05, 0.1) is 70.0 Å². The number of rotatable bonds is 34. The van der Waals surface area contributed by atoms with Crippen molar-refractivity contribution in [1.29, 1.82) is 2.86 Å². The van der Waals surface area contributed by atoms with Gasteiger partial charge in [-0.25, -0.2) is 68.4 Å². The van der Waals surface area contributed by atoms with Gasteiger partial charge in [-0.05, 0) is 144 Å². The Morgan fingerprint density at radius 1 is 0.477 bits per heavy atom. The van der Waals surface area contributed by atoms with Crippen molar-refractivity contribution in [3.8, 4) is 0 Å². The standard InChI is InChI=1S/C22H33ClFN2O12P.C22H33ClFN2O11P.C12H23O8P.C10H12ClFN2O4.C6H15N.2CH4O.3CH4/c1-20(2,3)17(29)33-11-36-39(32,37-12-34-18(30)21(4,5)6)35-10-22(9-23)15(28)14(24)16(38-22)26-8-7-13(27)25-19(26)31;1-20(2,3)17(28)32-12-35-38(31,36-13-33-18(29)21(4,5)6)34-11-22(10-23)9-14(24)16(37-22)26-8-7-15(27)25-19(26)30;1-11(2,3)9(13)17-7-19-21(15,16)20-8-18-10(14)12(4,5)6;11-4-10(5-15)3-6(12)8(18-10)14-2-1-7(16)13-9(14)17;1-4-7(5-2)6-3;2*1-2;;;/h7-8,14-16,28H,9-12H2,1-6H3,(H,25,27,31);7-8,14,16H,9-13H2,1-6H3,(H,25,27,30);7-8H2,1-6H3,(H,15,16);1-2,6,8,15H,3-5H2,(H,13,16,17);4-6H2,1-3H3;2*2H,1H3;3*1H4/t14-,15+,16-,22-;14-,16-,22-;;6-,8-,10-;;;;;;/m11.1....../s1/i;9D;;3D;;2*2T;;;/t;9-,14+,16+,22+;;3-,6+,8+,10+;;;;;;/m.0.0....... The fourth-order valence-electron chi connectivity index (χ4n) is 8.92. The molecule has 3 saturated heterocycles. The molecule has 758 valence electrons. The minimum Gasteiger partial charge on any atom is -0.437 e. The van der Waals surface area contributed by atoms with Crippen LogP contribution in [0.1, 0.15) is 202 Å². The molecule has 130 heavy (non-hydrogen) atoms. The predicted octanol–water partition coefficient (Wildman–Crippen LogP) is 9.47. The number of ether oxygens (including phenoxy) is 9. The summed E-state index contributed by atoms with van der Waals surface area (Å²) in [7, 11) is -11.3. The lowest BCUT2D eigenvalue weighted by Gasteiger charge is -2.30. The van der Waals surface area contributed by atoms with Gasteiger partial charge in [0.15, 0.2) is 24.9 Å². The van der Waals surface area contributed by atoms with E-state index in [4.69, 9.17) is 101 Å². The van der Waals surface area contributed by atoms with Crippen molar-refractivity contribution >= 4 is 94.1 Å². The number of alkyl halides is 6. The Hall–Kier alpha value is -6.47. The number of halogens is 6. The molecular formula is C77H136Cl3F3N7O37P3. The average molecular weight is 2010 g/mol. The minimum absolute atomic E-state index is 0. The van der Waals surface area contributed by atoms with Crippen molar-refractivity contribution in [3.63, 3.8) is 0 Å². The van der Waals surface area contributed by atoms with Crippen molar-refractivity contribution in [2.24, 2.45) is 32.5 Å². The normalized spacial score (nSPS) is 22.4. The maximum absolute atomic E-state index is 15.1.